The molecular weight excluding hydrogens is 238 g/mol. The van der Waals surface area contributed by atoms with Crippen molar-refractivity contribution in [1.82, 2.24) is 4.98 Å². The van der Waals surface area contributed by atoms with Crippen LogP contribution in [-0.4, -0.2) is 24.0 Å². The van der Waals surface area contributed by atoms with Crippen LogP contribution in [0.3, 0.4) is 0 Å². The lowest BCUT2D eigenvalue weighted by Crippen LogP contribution is -2.25. The highest BCUT2D eigenvalue weighted by Gasteiger charge is 2.11. The number of nitrogens with zero attached hydrogens (tertiary/aromatic N) is 2. The van der Waals surface area contributed by atoms with Crippen molar-refractivity contribution in [3.63, 3.8) is 0 Å². The number of hydrogen-bond acceptors (Lipinski definition) is 3. The van der Waals surface area contributed by atoms with E-state index in [1.54, 1.807) is 12.2 Å². The molecule has 1 heterocycles. The molecule has 17 heavy (non-hydrogen) atoms. The Morgan fingerprint density at radius 1 is 1.47 bits per heavy atom. The first-order chi connectivity index (χ1) is 8.10. The standard InChI is InChI=1S/C12H14ClN3O/c1-3-5-16(6-4-2)12-10(13)7-9(8-15-12)11(14)17/h3-4,7-8H,1-2,5-6H2,(H2,14,17). The van der Waals surface area contributed by atoms with Crippen LogP contribution in [-0.2, 0) is 0 Å². The van der Waals surface area contributed by atoms with E-state index in [9.17, 15) is 4.79 Å². The number of anilines is 1. The van der Waals surface area contributed by atoms with Crippen LogP contribution >= 0.6 is 11.6 Å². The van der Waals surface area contributed by atoms with Crippen molar-refractivity contribution in [2.75, 3.05) is 18.0 Å². The maximum absolute atomic E-state index is 11.0. The number of amides is 1. The molecule has 0 radical (unpaired) electrons. The third-order valence-electron chi connectivity index (χ3n) is 2.10. The maximum Gasteiger partial charge on any atom is 0.250 e. The molecule has 0 aliphatic heterocycles. The smallest absolute Gasteiger partial charge is 0.250 e. The van der Waals surface area contributed by atoms with Crippen LogP contribution in [0.2, 0.25) is 5.02 Å². The highest BCUT2D eigenvalue weighted by atomic mass is 35.5. The minimum Gasteiger partial charge on any atom is -0.366 e. The van der Waals surface area contributed by atoms with Gasteiger partial charge in [0.25, 0.3) is 0 Å². The molecular formula is C12H14ClN3O. The molecule has 0 fully saturated rings. The van der Waals surface area contributed by atoms with Crippen molar-refractivity contribution < 1.29 is 4.79 Å². The van der Waals surface area contributed by atoms with E-state index in [1.165, 1.54) is 12.3 Å². The van der Waals surface area contributed by atoms with Gasteiger partial charge in [-0.2, -0.15) is 0 Å². The minimum absolute atomic E-state index is 0.288. The van der Waals surface area contributed by atoms with Crippen molar-refractivity contribution >= 4 is 23.3 Å². The molecule has 90 valence electrons. The molecule has 1 aromatic heterocycles. The second-order valence-corrected chi connectivity index (χ2v) is 3.78. The van der Waals surface area contributed by atoms with Crippen molar-refractivity contribution in [3.8, 4) is 0 Å². The average Bonchev–Trinajstić information content (AvgIpc) is 2.28. The van der Waals surface area contributed by atoms with E-state index < -0.39 is 5.91 Å². The summed E-state index contributed by atoms with van der Waals surface area (Å²) >= 11 is 6.06. The molecule has 0 unspecified atom stereocenters. The molecule has 1 aromatic rings. The molecule has 5 heteroatoms. The van der Waals surface area contributed by atoms with E-state index in [2.05, 4.69) is 18.1 Å². The van der Waals surface area contributed by atoms with E-state index >= 15 is 0 Å². The molecule has 0 atom stereocenters. The second-order valence-electron chi connectivity index (χ2n) is 3.38. The molecule has 0 saturated heterocycles. The molecule has 0 aliphatic rings. The molecule has 0 spiro atoms. The van der Waals surface area contributed by atoms with Crippen molar-refractivity contribution in [1.29, 1.82) is 0 Å². The van der Waals surface area contributed by atoms with E-state index in [4.69, 9.17) is 17.3 Å². The number of nitrogens with two attached hydrogens (primary N) is 1. The Morgan fingerprint density at radius 2 is 2.06 bits per heavy atom. The van der Waals surface area contributed by atoms with E-state index in [0.717, 1.165) is 0 Å². The number of primary amides is 1. The van der Waals surface area contributed by atoms with Gasteiger partial charge in [-0.15, -0.1) is 13.2 Å². The summed E-state index contributed by atoms with van der Waals surface area (Å²) in [5, 5.41) is 0.380. The number of halogens is 1. The van der Waals surface area contributed by atoms with Crippen molar-refractivity contribution in [2.24, 2.45) is 5.73 Å². The zero-order valence-electron chi connectivity index (χ0n) is 9.40. The number of aromatic nitrogens is 1. The van der Waals surface area contributed by atoms with Crippen LogP contribution < -0.4 is 10.6 Å². The van der Waals surface area contributed by atoms with Crippen LogP contribution in [0.5, 0.6) is 0 Å². The Hall–Kier alpha value is -1.81. The van der Waals surface area contributed by atoms with E-state index in [-0.39, 0.29) is 5.56 Å². The topological polar surface area (TPSA) is 59.2 Å². The first kappa shape index (κ1) is 13.3. The van der Waals surface area contributed by atoms with Gasteiger partial charge in [-0.25, -0.2) is 4.98 Å². The Morgan fingerprint density at radius 3 is 2.47 bits per heavy atom. The van der Waals surface area contributed by atoms with Gasteiger partial charge in [-0.05, 0) is 6.07 Å². The van der Waals surface area contributed by atoms with Crippen molar-refractivity contribution in [2.45, 2.75) is 0 Å². The predicted molar refractivity (Wildman–Crippen MR) is 70.4 cm³/mol. The lowest BCUT2D eigenvalue weighted by molar-refractivity contribution is 0.1000. The van der Waals surface area contributed by atoms with Gasteiger partial charge in [0.2, 0.25) is 5.91 Å². The quantitative estimate of drug-likeness (QED) is 0.787. The van der Waals surface area contributed by atoms with E-state index in [1.807, 2.05) is 4.90 Å². The maximum atomic E-state index is 11.0. The van der Waals surface area contributed by atoms with Gasteiger partial charge in [-0.1, -0.05) is 23.8 Å². The summed E-state index contributed by atoms with van der Waals surface area (Å²) in [5.74, 6) is 0.0291. The lowest BCUT2D eigenvalue weighted by atomic mass is 10.2. The summed E-state index contributed by atoms with van der Waals surface area (Å²) < 4.78 is 0. The third kappa shape index (κ3) is 3.32. The van der Waals surface area contributed by atoms with Gasteiger partial charge < -0.3 is 10.6 Å². The minimum atomic E-state index is -0.551. The average molecular weight is 252 g/mol. The highest BCUT2D eigenvalue weighted by molar-refractivity contribution is 6.33. The van der Waals surface area contributed by atoms with Crippen LogP contribution in [0.1, 0.15) is 10.4 Å². The summed E-state index contributed by atoms with van der Waals surface area (Å²) in [4.78, 5) is 17.0. The Labute approximate surface area is 105 Å². The summed E-state index contributed by atoms with van der Waals surface area (Å²) in [6.45, 7) is 8.51. The molecule has 1 rings (SSSR count). The molecule has 0 bridgehead atoms. The Balaban J connectivity index is 3.07. The van der Waals surface area contributed by atoms with Gasteiger partial charge in [-0.3, -0.25) is 4.79 Å². The second kappa shape index (κ2) is 6.06. The number of hydrogen-bond donors (Lipinski definition) is 1. The van der Waals surface area contributed by atoms with Crippen LogP contribution in [0.15, 0.2) is 37.6 Å². The van der Waals surface area contributed by atoms with Gasteiger partial charge in [0.15, 0.2) is 0 Å². The summed E-state index contributed by atoms with van der Waals surface area (Å²) in [6, 6.07) is 1.51. The fourth-order valence-electron chi connectivity index (χ4n) is 1.36. The molecule has 0 aromatic carbocycles. The summed E-state index contributed by atoms with van der Waals surface area (Å²) in [5.41, 5.74) is 5.43. The fraction of sp³-hybridized carbons (Fsp3) is 0.167. The third-order valence-corrected chi connectivity index (χ3v) is 2.38. The van der Waals surface area contributed by atoms with Gasteiger partial charge in [0.05, 0.1) is 10.6 Å². The number of pyridine rings is 1. The van der Waals surface area contributed by atoms with Crippen LogP contribution in [0.4, 0.5) is 5.82 Å². The molecule has 0 saturated carbocycles. The Bertz CT molecular complexity index is 435. The Kier molecular flexibility index (Phi) is 4.72. The molecule has 1 amide bonds. The van der Waals surface area contributed by atoms with Gasteiger partial charge >= 0.3 is 0 Å². The molecule has 0 aliphatic carbocycles. The number of carbonyl (C=O) groups is 1. The van der Waals surface area contributed by atoms with E-state index in [0.29, 0.717) is 23.9 Å². The number of rotatable bonds is 6. The first-order valence-electron chi connectivity index (χ1n) is 5.02. The predicted octanol–water partition coefficient (Wildman–Crippen LogP) is 2.01. The van der Waals surface area contributed by atoms with Crippen LogP contribution in [0, 0.1) is 0 Å². The first-order valence-corrected chi connectivity index (χ1v) is 5.40. The zero-order chi connectivity index (χ0) is 12.8. The highest BCUT2D eigenvalue weighted by Crippen LogP contribution is 2.23. The van der Waals surface area contributed by atoms with Gasteiger partial charge in [0, 0.05) is 19.3 Å². The zero-order valence-corrected chi connectivity index (χ0v) is 10.2. The normalized spacial score (nSPS) is 9.71. The lowest BCUT2D eigenvalue weighted by Gasteiger charge is -2.21. The van der Waals surface area contributed by atoms with Gasteiger partial charge in [0.1, 0.15) is 5.82 Å². The largest absolute Gasteiger partial charge is 0.366 e. The summed E-state index contributed by atoms with van der Waals surface area (Å²) in [6.07, 6.45) is 4.88. The molecule has 2 N–H and O–H groups in total. The monoisotopic (exact) mass is 251 g/mol. The van der Waals surface area contributed by atoms with Crippen LogP contribution in [0.25, 0.3) is 0 Å². The molecule has 4 nitrogen and oxygen atoms in total. The SMILES string of the molecule is C=CCN(CC=C)c1ncc(C(N)=O)cc1Cl. The fourth-order valence-corrected chi connectivity index (χ4v) is 1.64. The summed E-state index contributed by atoms with van der Waals surface area (Å²) in [7, 11) is 0. The number of carbonyl (C=O) groups excluding carboxylic acids is 1. The van der Waals surface area contributed by atoms with Crippen molar-refractivity contribution in [3.05, 3.63) is 48.2 Å².